The number of rotatable bonds is 63. The zero-order valence-electron chi connectivity index (χ0n) is 74.3. The van der Waals surface area contributed by atoms with Gasteiger partial charge in [0.1, 0.15) is 85.1 Å². The van der Waals surface area contributed by atoms with Gasteiger partial charge in [-0.1, -0.05) is 143 Å². The normalized spacial score (nSPS) is 15.0. The summed E-state index contributed by atoms with van der Waals surface area (Å²) >= 11 is 5.92. The molecule has 2 aromatic rings. The van der Waals surface area contributed by atoms with E-state index in [1.54, 1.807) is 130 Å². The Balaban J connectivity index is 2.58. The summed E-state index contributed by atoms with van der Waals surface area (Å²) in [4.78, 5) is 241. The molecule has 16 atom stereocenters. The molecule has 0 heterocycles. The Morgan fingerprint density at radius 3 is 1.17 bits per heavy atom. The number of primary amides is 1. The Kier molecular flexibility index (Phi) is 53.1. The minimum absolute atomic E-state index is 0.0262. The number of aliphatic carboxylic acids is 2. The molecular weight excluding hydrogens is 1670 g/mol. The van der Waals surface area contributed by atoms with Gasteiger partial charge in [-0.25, -0.2) is 0 Å². The van der Waals surface area contributed by atoms with Crippen LogP contribution in [0.5, 0.6) is 0 Å². The van der Waals surface area contributed by atoms with Crippen molar-refractivity contribution in [2.75, 3.05) is 43.9 Å². The van der Waals surface area contributed by atoms with Crippen LogP contribution >= 0.6 is 24.4 Å². The fourth-order valence-electron chi connectivity index (χ4n) is 13.0. The molecule has 15 amide bonds. The number of amides is 15. The lowest BCUT2D eigenvalue weighted by Gasteiger charge is -2.30. The number of thioether (sulfide) groups is 1. The maximum absolute atomic E-state index is 14.8. The number of thiol groups is 1. The van der Waals surface area contributed by atoms with Gasteiger partial charge < -0.3 is 119 Å². The number of nitrogens with one attached hydrogen (secondary N) is 14. The predicted octanol–water partition coefficient (Wildman–Crippen LogP) is -2.12. The van der Waals surface area contributed by atoms with Crippen molar-refractivity contribution in [1.82, 2.24) is 74.4 Å². The van der Waals surface area contributed by atoms with Crippen molar-refractivity contribution in [1.29, 1.82) is 0 Å². The molecular formula is C84H139N21O19S2. The third-order valence-corrected chi connectivity index (χ3v) is 21.6. The Morgan fingerprint density at radius 1 is 0.405 bits per heavy atom. The van der Waals surface area contributed by atoms with Crippen LogP contribution < -0.4 is 109 Å². The summed E-state index contributed by atoms with van der Waals surface area (Å²) in [6.45, 7) is 16.5. The van der Waals surface area contributed by atoms with Gasteiger partial charge in [0, 0.05) is 31.6 Å². The number of carboxylic acids is 2. The van der Waals surface area contributed by atoms with E-state index >= 15 is 0 Å². The maximum atomic E-state index is 14.8. The van der Waals surface area contributed by atoms with Crippen LogP contribution in [-0.4, -0.2) is 245 Å². The lowest BCUT2D eigenvalue weighted by atomic mass is 9.95. The molecule has 28 N–H and O–H groups in total. The van der Waals surface area contributed by atoms with Crippen molar-refractivity contribution in [3.63, 3.8) is 0 Å². The molecule has 0 radical (unpaired) electrons. The van der Waals surface area contributed by atoms with Gasteiger partial charge in [-0.05, 0) is 143 Å². The van der Waals surface area contributed by atoms with Crippen molar-refractivity contribution >= 4 is 131 Å². The summed E-state index contributed by atoms with van der Waals surface area (Å²) in [6, 6.07) is -2.55. The molecule has 126 heavy (non-hydrogen) atoms. The number of unbranched alkanes of at least 4 members (excludes halogenated alkanes) is 2. The van der Waals surface area contributed by atoms with Crippen LogP contribution in [0.15, 0.2) is 65.7 Å². The number of aliphatic imine (C=N–C) groups is 1. The van der Waals surface area contributed by atoms with Crippen molar-refractivity contribution in [3.8, 4) is 0 Å². The fourth-order valence-corrected chi connectivity index (χ4v) is 13.8. The number of hydrogen-bond donors (Lipinski definition) is 23. The summed E-state index contributed by atoms with van der Waals surface area (Å²) in [5.41, 5.74) is 35.8. The van der Waals surface area contributed by atoms with E-state index in [9.17, 15) is 91.7 Å². The van der Waals surface area contributed by atoms with Crippen molar-refractivity contribution in [3.05, 3.63) is 71.8 Å². The van der Waals surface area contributed by atoms with Gasteiger partial charge in [-0.3, -0.25) is 86.5 Å². The molecule has 2 aromatic carbocycles. The highest BCUT2D eigenvalue weighted by Crippen LogP contribution is 2.19. The van der Waals surface area contributed by atoms with Gasteiger partial charge in [-0.15, -0.1) is 0 Å². The molecule has 40 nitrogen and oxygen atoms in total. The SMILES string of the molecule is CC[C@H](C)[C@H](NC(=O)[C@H](CCCCN)NC(=O)[C@H](CCC(=O)O)NC(=O)[C@H](CCCN=C(N)N)NC(=O)[C@H](CC(N)=O)NC(=O)[C@H](CC(C)C)NC(=O)[C@@H](NC(=O)[C@H](CC(C)C)NC(=O)[C@H](CS)NC(=O)[C@H](Cc1ccccc1)NC(=O)[C@@H](NC(=O)[C@H](Cc1ccccc1)NC(=O)[C@@H](N)CCSC)C(C)C)[C@@H](C)CC)C(=O)N[C@@H](CCCCN)C(=O)NCC(=O)O. The Labute approximate surface area is 747 Å². The zero-order valence-corrected chi connectivity index (χ0v) is 76.0. The summed E-state index contributed by atoms with van der Waals surface area (Å²) in [5, 5.41) is 55.6. The Morgan fingerprint density at radius 2 is 0.754 bits per heavy atom. The van der Waals surface area contributed by atoms with E-state index < -0.39 is 229 Å². The molecule has 0 aliphatic rings. The molecule has 0 unspecified atom stereocenters. The molecule has 0 aromatic heterocycles. The van der Waals surface area contributed by atoms with E-state index in [2.05, 4.69) is 92.1 Å². The largest absolute Gasteiger partial charge is 0.481 e. The number of carbonyl (C=O) groups excluding carboxylic acids is 15. The minimum Gasteiger partial charge on any atom is -0.481 e. The minimum atomic E-state index is -1.90. The molecule has 706 valence electrons. The Hall–Kier alpha value is -10.7. The van der Waals surface area contributed by atoms with Gasteiger partial charge in [-0.2, -0.15) is 24.4 Å². The summed E-state index contributed by atoms with van der Waals surface area (Å²) in [7, 11) is 0. The first-order chi connectivity index (χ1) is 59.5. The number of nitrogens with two attached hydrogens (primary N) is 6. The molecule has 0 spiro atoms. The highest BCUT2D eigenvalue weighted by atomic mass is 32.2. The van der Waals surface area contributed by atoms with Crippen LogP contribution in [0, 0.1) is 29.6 Å². The van der Waals surface area contributed by atoms with E-state index in [0.717, 1.165) is 0 Å². The molecule has 42 heteroatoms. The number of guanidine groups is 1. The molecule has 0 aliphatic carbocycles. The van der Waals surface area contributed by atoms with E-state index in [0.29, 0.717) is 49.0 Å². The second-order valence-electron chi connectivity index (χ2n) is 32.5. The standard InChI is InChI=1S/C84H139N21O19S2/c1-12-49(9)68(82(123)96-54(29-20-22-35-85)71(112)92-44-66(109)110)104-74(115)55(30-21-23-36-86)93-73(114)57(32-33-65(107)108)95-72(113)56(31-24-37-91-84(89)90)94-77(118)62(43-64(88)106)99-75(116)58(39-46(3)4)100-83(124)69(50(10)13-2)105-78(119)59(40-47(5)6)98-80(121)63(45-125)102-76(117)60(41-51-25-16-14-17-26-51)101-81(122)67(48(7)8)103-79(120)61(42-52-27-18-15-19-28-52)97-70(111)53(87)34-38-126-11/h14-19,25-28,46-50,53-63,67-69,125H,12-13,20-24,29-45,85-87H2,1-11H3,(H2,88,106)(H,92,112)(H,93,114)(H,94,118)(H,95,113)(H,96,123)(H,97,111)(H,98,121)(H,99,116)(H,100,124)(H,101,122)(H,102,117)(H,103,120)(H,104,115)(H,105,119)(H,107,108)(H,109,110)(H4,89,90,91)/t49-,50-,53-,54-,55-,56-,57-,58-,59-,60-,61-,62-,63-,67-,68-,69-/m0/s1. The van der Waals surface area contributed by atoms with Crippen LogP contribution in [0.25, 0.3) is 0 Å². The number of nitrogens with zero attached hydrogens (tertiary/aromatic N) is 1. The lowest BCUT2D eigenvalue weighted by Crippen LogP contribution is -2.62. The van der Waals surface area contributed by atoms with Gasteiger partial charge >= 0.3 is 11.9 Å². The van der Waals surface area contributed by atoms with E-state index in [1.807, 2.05) is 6.26 Å². The zero-order chi connectivity index (χ0) is 94.9. The van der Waals surface area contributed by atoms with Crippen molar-refractivity contribution < 1.29 is 91.7 Å². The van der Waals surface area contributed by atoms with Crippen LogP contribution in [0.2, 0.25) is 0 Å². The van der Waals surface area contributed by atoms with Gasteiger partial charge in [0.2, 0.25) is 88.6 Å². The Bertz CT molecular complexity index is 3890. The average Bonchev–Trinajstić information content (AvgIpc) is 0.846. The lowest BCUT2D eigenvalue weighted by molar-refractivity contribution is -0.139. The van der Waals surface area contributed by atoms with E-state index in [4.69, 9.17) is 34.4 Å². The summed E-state index contributed by atoms with van der Waals surface area (Å²) in [6.07, 6.45) is 1.16. The predicted molar refractivity (Wildman–Crippen MR) is 480 cm³/mol. The van der Waals surface area contributed by atoms with Crippen molar-refractivity contribution in [2.24, 2.45) is 69.0 Å². The van der Waals surface area contributed by atoms with Crippen molar-refractivity contribution in [2.45, 2.75) is 269 Å². The van der Waals surface area contributed by atoms with Gasteiger partial charge in [0.25, 0.3) is 0 Å². The first-order valence-corrected chi connectivity index (χ1v) is 44.9. The highest BCUT2D eigenvalue weighted by molar-refractivity contribution is 7.98. The highest BCUT2D eigenvalue weighted by Gasteiger charge is 2.40. The molecule has 0 saturated heterocycles. The first-order valence-electron chi connectivity index (χ1n) is 42.9. The molecule has 0 fully saturated rings. The molecule has 0 bridgehead atoms. The third-order valence-electron chi connectivity index (χ3n) is 20.6. The van der Waals surface area contributed by atoms with Crippen LogP contribution in [-0.2, 0) is 94.3 Å². The fraction of sp³-hybridized carbons (Fsp3) is 0.643. The van der Waals surface area contributed by atoms with Crippen LogP contribution in [0.1, 0.15) is 183 Å². The second-order valence-corrected chi connectivity index (χ2v) is 33.9. The average molecular weight is 1810 g/mol. The van der Waals surface area contributed by atoms with Gasteiger partial charge in [0.05, 0.1) is 12.5 Å². The molecule has 0 aliphatic heterocycles. The van der Waals surface area contributed by atoms with E-state index in [-0.39, 0.29) is 107 Å². The second kappa shape index (κ2) is 60.0. The van der Waals surface area contributed by atoms with E-state index in [1.165, 1.54) is 11.8 Å². The molecule has 2 rings (SSSR count). The topological polar surface area (TPSA) is 668 Å². The van der Waals surface area contributed by atoms with Crippen LogP contribution in [0.3, 0.4) is 0 Å². The number of carboxylic acid groups (broad SMARTS) is 2. The summed E-state index contributed by atoms with van der Waals surface area (Å²) in [5.74, 6) is -19.2. The van der Waals surface area contributed by atoms with Crippen LogP contribution in [0.4, 0.5) is 0 Å². The smallest absolute Gasteiger partial charge is 0.322 e. The number of hydrogen-bond acceptors (Lipinski definition) is 23. The summed E-state index contributed by atoms with van der Waals surface area (Å²) < 4.78 is 0. The van der Waals surface area contributed by atoms with Gasteiger partial charge in [0.15, 0.2) is 5.96 Å². The molecule has 0 saturated carbocycles. The quantitative estimate of drug-likeness (QED) is 0.0146. The monoisotopic (exact) mass is 1810 g/mol. The first kappa shape index (κ1) is 111. The number of carbonyl (C=O) groups is 17. The third kappa shape index (κ3) is 43.0. The number of benzene rings is 2. The maximum Gasteiger partial charge on any atom is 0.322 e.